The molecular weight excluding hydrogens is 390 g/mol. The molecule has 0 radical (unpaired) electrons. The fourth-order valence-electron chi connectivity index (χ4n) is 3.73. The Labute approximate surface area is 172 Å². The molecule has 3 heterocycles. The number of fused-ring (bicyclic) bond motifs is 1. The van der Waals surface area contributed by atoms with Crippen LogP contribution in [0.1, 0.15) is 34.5 Å². The van der Waals surface area contributed by atoms with Gasteiger partial charge in [-0.1, -0.05) is 6.07 Å². The summed E-state index contributed by atoms with van der Waals surface area (Å²) in [4.78, 5) is 19.0. The van der Waals surface area contributed by atoms with Crippen LogP contribution in [0.25, 0.3) is 0 Å². The van der Waals surface area contributed by atoms with Gasteiger partial charge < -0.3 is 19.9 Å². The van der Waals surface area contributed by atoms with Gasteiger partial charge in [-0.25, -0.2) is 0 Å². The molecule has 2 aliphatic rings. The Morgan fingerprint density at radius 2 is 2.28 bits per heavy atom. The van der Waals surface area contributed by atoms with Crippen molar-refractivity contribution in [1.29, 1.82) is 0 Å². The number of carbonyl (C=O) groups excluding carboxylic acids is 1. The van der Waals surface area contributed by atoms with Crippen LogP contribution in [0, 0.1) is 12.8 Å². The zero-order chi connectivity index (χ0) is 20.4. The zero-order valence-electron chi connectivity index (χ0n) is 16.1. The summed E-state index contributed by atoms with van der Waals surface area (Å²) in [6.45, 7) is 3.68. The third-order valence-electron chi connectivity index (χ3n) is 5.18. The number of aromatic nitrogens is 1. The average Bonchev–Trinajstić information content (AvgIpc) is 2.72. The molecule has 9 heteroatoms. The van der Waals surface area contributed by atoms with Crippen molar-refractivity contribution in [2.75, 3.05) is 24.4 Å². The second kappa shape index (κ2) is 8.30. The summed E-state index contributed by atoms with van der Waals surface area (Å²) in [6.07, 6.45) is 3.60. The van der Waals surface area contributed by atoms with Crippen molar-refractivity contribution in [2.45, 2.75) is 19.8 Å². The first-order valence-electron chi connectivity index (χ1n) is 9.52. The smallest absolute Gasteiger partial charge is 0.255 e. The maximum absolute atomic E-state index is 12.9. The predicted molar refractivity (Wildman–Crippen MR) is 112 cm³/mol. The summed E-state index contributed by atoms with van der Waals surface area (Å²) in [5.74, 6) is 1.02. The highest BCUT2D eigenvalue weighted by Crippen LogP contribution is 2.31. The molecule has 1 fully saturated rings. The standard InChI is InChI=1S/C20H23N5O3S/c1-13-15(6-3-9-22-13)20(26)25-10-4-5-14(11-25)12-28-17-8-2-7-16-18(17)19(21)24-29(27)23-16/h2-3,6-9,14,23H,4-5,10-12H2,1H3,(H2,21,24). The van der Waals surface area contributed by atoms with E-state index in [0.717, 1.165) is 25.1 Å². The lowest BCUT2D eigenvalue weighted by Gasteiger charge is -2.33. The number of carbonyl (C=O) groups is 1. The highest BCUT2D eigenvalue weighted by atomic mass is 32.2. The van der Waals surface area contributed by atoms with Crippen molar-refractivity contribution in [1.82, 2.24) is 9.88 Å². The molecule has 8 nitrogen and oxygen atoms in total. The molecule has 2 aromatic rings. The number of anilines is 1. The van der Waals surface area contributed by atoms with Crippen LogP contribution in [0.4, 0.5) is 5.69 Å². The Hall–Kier alpha value is -2.78. The molecule has 0 aliphatic carbocycles. The number of amidine groups is 1. The number of benzene rings is 1. The third-order valence-corrected chi connectivity index (χ3v) is 5.94. The molecule has 1 amide bonds. The molecule has 152 valence electrons. The lowest BCUT2D eigenvalue weighted by atomic mass is 9.98. The number of hydrogen-bond acceptors (Lipinski definition) is 7. The summed E-state index contributed by atoms with van der Waals surface area (Å²) < 4.78 is 24.4. The molecule has 0 saturated carbocycles. The molecule has 1 aromatic carbocycles. The summed E-state index contributed by atoms with van der Waals surface area (Å²) in [5, 5.41) is 0. The Bertz CT molecular complexity index is 951. The first-order valence-corrected chi connectivity index (χ1v) is 10.6. The van der Waals surface area contributed by atoms with Crippen LogP contribution in [0.2, 0.25) is 0 Å². The maximum Gasteiger partial charge on any atom is 0.255 e. The van der Waals surface area contributed by atoms with Gasteiger partial charge in [-0.2, -0.15) is 4.72 Å². The van der Waals surface area contributed by atoms with E-state index < -0.39 is 11.5 Å². The fraction of sp³-hybridized carbons (Fsp3) is 0.350. The van der Waals surface area contributed by atoms with Crippen LogP contribution in [-0.2, 0) is 11.5 Å². The minimum absolute atomic E-state index is 0.0143. The number of hydrogen-bond donors (Lipinski definition) is 2. The first-order chi connectivity index (χ1) is 14.0. The van der Waals surface area contributed by atoms with Crippen LogP contribution >= 0.6 is 0 Å². The number of nitrogens with two attached hydrogens (primary N) is 1. The number of pyridine rings is 1. The van der Waals surface area contributed by atoms with E-state index in [0.29, 0.717) is 35.7 Å². The average molecular weight is 414 g/mol. The summed E-state index contributed by atoms with van der Waals surface area (Å²) >= 11 is -1.57. The maximum atomic E-state index is 12.9. The van der Waals surface area contributed by atoms with Crippen molar-refractivity contribution in [3.8, 4) is 5.75 Å². The van der Waals surface area contributed by atoms with E-state index in [-0.39, 0.29) is 17.7 Å². The first kappa shape index (κ1) is 19.5. The molecule has 2 aliphatic heterocycles. The number of rotatable bonds is 4. The lowest BCUT2D eigenvalue weighted by molar-refractivity contribution is 0.0632. The minimum Gasteiger partial charge on any atom is -0.566 e. The Kier molecular flexibility index (Phi) is 5.59. The quantitative estimate of drug-likeness (QED) is 0.741. The van der Waals surface area contributed by atoms with E-state index >= 15 is 0 Å². The van der Waals surface area contributed by atoms with Crippen LogP contribution in [0.5, 0.6) is 5.75 Å². The molecule has 2 unspecified atom stereocenters. The van der Waals surface area contributed by atoms with Gasteiger partial charge in [0.15, 0.2) is 5.84 Å². The molecular formula is C20H23N5O3S. The molecule has 4 rings (SSSR count). The van der Waals surface area contributed by atoms with E-state index in [1.165, 1.54) is 0 Å². The molecule has 1 saturated heterocycles. The van der Waals surface area contributed by atoms with E-state index in [2.05, 4.69) is 14.1 Å². The van der Waals surface area contributed by atoms with Crippen LogP contribution in [-0.4, -0.2) is 45.9 Å². The van der Waals surface area contributed by atoms with Gasteiger partial charge in [0.05, 0.1) is 23.4 Å². The summed E-state index contributed by atoms with van der Waals surface area (Å²) in [6, 6.07) is 9.04. The number of amides is 1. The minimum atomic E-state index is -1.57. The molecule has 0 bridgehead atoms. The number of ether oxygens (including phenoxy) is 1. The highest BCUT2D eigenvalue weighted by Gasteiger charge is 2.28. The predicted octanol–water partition coefficient (Wildman–Crippen LogP) is 2.03. The van der Waals surface area contributed by atoms with Crippen LogP contribution < -0.4 is 15.2 Å². The highest BCUT2D eigenvalue weighted by molar-refractivity contribution is 7.91. The van der Waals surface area contributed by atoms with Gasteiger partial charge in [0.2, 0.25) is 11.5 Å². The number of nitrogens with zero attached hydrogens (tertiary/aromatic N) is 3. The van der Waals surface area contributed by atoms with Gasteiger partial charge in [0.25, 0.3) is 5.91 Å². The van der Waals surface area contributed by atoms with E-state index in [9.17, 15) is 9.35 Å². The second-order valence-electron chi connectivity index (χ2n) is 7.21. The SMILES string of the molecule is Cc1ncccc1C(=O)N1CCCC(COc2cccc3c2C(N)=N[S+]([O-])N3)C1. The van der Waals surface area contributed by atoms with Crippen molar-refractivity contribution < 1.29 is 14.1 Å². The third kappa shape index (κ3) is 4.15. The summed E-state index contributed by atoms with van der Waals surface area (Å²) in [5.41, 5.74) is 8.62. The number of likely N-dealkylation sites (tertiary alicyclic amines) is 1. The number of piperidine rings is 1. The van der Waals surface area contributed by atoms with Gasteiger partial charge in [-0.15, -0.1) is 0 Å². The van der Waals surface area contributed by atoms with Crippen LogP contribution in [0.3, 0.4) is 0 Å². The van der Waals surface area contributed by atoms with Gasteiger partial charge in [0.1, 0.15) is 5.75 Å². The topological polar surface area (TPSA) is 116 Å². The monoisotopic (exact) mass is 413 g/mol. The molecule has 0 spiro atoms. The van der Waals surface area contributed by atoms with E-state index in [1.807, 2.05) is 30.0 Å². The Morgan fingerprint density at radius 1 is 1.41 bits per heavy atom. The van der Waals surface area contributed by atoms with Crippen LogP contribution in [0.15, 0.2) is 40.9 Å². The zero-order valence-corrected chi connectivity index (χ0v) is 16.9. The molecule has 29 heavy (non-hydrogen) atoms. The van der Waals surface area contributed by atoms with Gasteiger partial charge >= 0.3 is 0 Å². The van der Waals surface area contributed by atoms with Crippen molar-refractivity contribution in [3.05, 3.63) is 53.3 Å². The van der Waals surface area contributed by atoms with Crippen molar-refractivity contribution >= 4 is 29.0 Å². The van der Waals surface area contributed by atoms with Crippen molar-refractivity contribution in [2.24, 2.45) is 16.0 Å². The molecule has 1 aromatic heterocycles. The normalized spacial score (nSPS) is 21.0. The summed E-state index contributed by atoms with van der Waals surface area (Å²) in [7, 11) is 0. The van der Waals surface area contributed by atoms with Gasteiger partial charge in [-0.3, -0.25) is 9.78 Å². The van der Waals surface area contributed by atoms with E-state index in [4.69, 9.17) is 10.5 Å². The fourth-order valence-corrected chi connectivity index (χ4v) is 4.40. The number of aryl methyl sites for hydroxylation is 1. The van der Waals surface area contributed by atoms with Gasteiger partial charge in [0, 0.05) is 30.9 Å². The van der Waals surface area contributed by atoms with Crippen molar-refractivity contribution in [3.63, 3.8) is 0 Å². The molecule has 2 atom stereocenters. The Balaban J connectivity index is 1.43. The largest absolute Gasteiger partial charge is 0.566 e. The number of nitrogens with one attached hydrogen (secondary N) is 1. The Morgan fingerprint density at radius 3 is 3.10 bits per heavy atom. The van der Waals surface area contributed by atoms with E-state index in [1.54, 1.807) is 18.3 Å². The molecule has 3 N–H and O–H groups in total. The van der Waals surface area contributed by atoms with Gasteiger partial charge in [-0.05, 0) is 48.4 Å². The lowest BCUT2D eigenvalue weighted by Crippen LogP contribution is -2.42. The second-order valence-corrected chi connectivity index (χ2v) is 8.10.